The van der Waals surface area contributed by atoms with Gasteiger partial charge in [-0.25, -0.2) is 9.78 Å². The van der Waals surface area contributed by atoms with E-state index in [1.807, 2.05) is 0 Å². The first-order chi connectivity index (χ1) is 13.9. The molecule has 1 aliphatic carbocycles. The van der Waals surface area contributed by atoms with Crippen molar-refractivity contribution >= 4 is 19.0 Å². The summed E-state index contributed by atoms with van der Waals surface area (Å²) in [7, 11) is -0.998. The number of nitrogens with two attached hydrogens (primary N) is 1. The number of aromatic amines is 1. The minimum atomic E-state index is -1.18. The summed E-state index contributed by atoms with van der Waals surface area (Å²) in [5, 5.41) is 19.7. The molecule has 0 bridgehead atoms. The number of fused-ring (bicyclic) bond motifs is 3. The van der Waals surface area contributed by atoms with Crippen molar-refractivity contribution in [3.8, 4) is 11.5 Å². The van der Waals surface area contributed by atoms with Gasteiger partial charge in [0.25, 0.3) is 0 Å². The number of hydrogen-bond donors (Lipinski definition) is 4. The Balaban J connectivity index is 1.29. The van der Waals surface area contributed by atoms with E-state index in [1.54, 1.807) is 17.0 Å². The average Bonchev–Trinajstić information content (AvgIpc) is 3.29. The molecule has 3 aliphatic rings. The smallest absolute Gasteiger partial charge is 0.526 e. The first kappa shape index (κ1) is 18.0. The van der Waals surface area contributed by atoms with Gasteiger partial charge in [-0.1, -0.05) is 6.07 Å². The number of rotatable bonds is 5. The molecular formula is C18H19BN4O6. The highest BCUT2D eigenvalue weighted by molar-refractivity contribution is 6.48. The molecule has 3 heterocycles. The summed E-state index contributed by atoms with van der Waals surface area (Å²) in [6, 6.07) is 2.58. The summed E-state index contributed by atoms with van der Waals surface area (Å²) in [5.74, 6) is -0.948. The Labute approximate surface area is 165 Å². The van der Waals surface area contributed by atoms with E-state index >= 15 is 0 Å². The van der Waals surface area contributed by atoms with Gasteiger partial charge in [0.2, 0.25) is 5.91 Å². The van der Waals surface area contributed by atoms with Crippen LogP contribution in [-0.2, 0) is 4.79 Å². The molecular weight excluding hydrogens is 379 g/mol. The topological polar surface area (TPSA) is 151 Å². The van der Waals surface area contributed by atoms with E-state index in [1.165, 1.54) is 12.5 Å². The number of likely N-dealkylation sites (tertiary alicyclic amines) is 1. The third kappa shape index (κ3) is 2.93. The van der Waals surface area contributed by atoms with Crippen LogP contribution in [0.5, 0.6) is 11.5 Å². The second-order valence-corrected chi connectivity index (χ2v) is 7.64. The number of hydrogen-bond acceptors (Lipinski definition) is 7. The molecule has 29 heavy (non-hydrogen) atoms. The van der Waals surface area contributed by atoms with Crippen LogP contribution in [0.2, 0.25) is 5.82 Å². The number of nitrogens with zero attached hydrogens (tertiary/aromatic N) is 2. The molecule has 5 N–H and O–H groups in total. The van der Waals surface area contributed by atoms with Crippen LogP contribution >= 0.6 is 0 Å². The molecule has 1 saturated carbocycles. The van der Waals surface area contributed by atoms with Gasteiger partial charge < -0.3 is 35.1 Å². The van der Waals surface area contributed by atoms with Gasteiger partial charge in [0.1, 0.15) is 29.2 Å². The zero-order valence-electron chi connectivity index (χ0n) is 15.3. The zero-order valence-corrected chi connectivity index (χ0v) is 15.3. The van der Waals surface area contributed by atoms with Crippen LogP contribution in [0.15, 0.2) is 24.7 Å². The highest BCUT2D eigenvalue weighted by Gasteiger charge is 2.54. The van der Waals surface area contributed by atoms with Crippen molar-refractivity contribution in [1.29, 1.82) is 0 Å². The number of ether oxygens (including phenoxy) is 1. The summed E-state index contributed by atoms with van der Waals surface area (Å²) >= 11 is 0. The molecule has 0 spiro atoms. The number of aromatic nitrogens is 2. The number of carbonyl (C=O) groups excluding carboxylic acids is 1. The average molecular weight is 398 g/mol. The quantitative estimate of drug-likeness (QED) is 0.519. The Bertz CT molecular complexity index is 977. The van der Waals surface area contributed by atoms with Gasteiger partial charge in [0.15, 0.2) is 0 Å². The Hall–Kier alpha value is -3.05. The van der Waals surface area contributed by atoms with Crippen molar-refractivity contribution in [3.63, 3.8) is 0 Å². The van der Waals surface area contributed by atoms with Crippen molar-refractivity contribution in [2.24, 2.45) is 5.73 Å². The van der Waals surface area contributed by atoms with Crippen molar-refractivity contribution in [2.75, 3.05) is 13.1 Å². The van der Waals surface area contributed by atoms with E-state index in [0.717, 1.165) is 12.0 Å². The highest BCUT2D eigenvalue weighted by atomic mass is 16.5. The van der Waals surface area contributed by atoms with E-state index in [-0.39, 0.29) is 40.8 Å². The number of amides is 1. The molecule has 1 aromatic carbocycles. The number of benzene rings is 1. The van der Waals surface area contributed by atoms with E-state index in [4.69, 9.17) is 15.1 Å². The fraction of sp³-hybridized carbons (Fsp3) is 0.389. The van der Waals surface area contributed by atoms with Crippen LogP contribution in [-0.4, -0.2) is 63.2 Å². The molecule has 5 rings (SSSR count). The molecule has 1 amide bonds. The minimum Gasteiger partial charge on any atom is -0.535 e. The van der Waals surface area contributed by atoms with Crippen LogP contribution in [0.4, 0.5) is 0 Å². The fourth-order valence-corrected chi connectivity index (χ4v) is 4.03. The van der Waals surface area contributed by atoms with Crippen LogP contribution < -0.4 is 15.1 Å². The largest absolute Gasteiger partial charge is 0.535 e. The van der Waals surface area contributed by atoms with Gasteiger partial charge in [-0.05, 0) is 24.0 Å². The molecule has 1 aromatic heterocycles. The van der Waals surface area contributed by atoms with Crippen LogP contribution in [0.25, 0.3) is 0 Å². The summed E-state index contributed by atoms with van der Waals surface area (Å²) in [6.07, 6.45) is 3.38. The second kappa shape index (κ2) is 6.50. The van der Waals surface area contributed by atoms with E-state index in [2.05, 4.69) is 9.97 Å². The highest BCUT2D eigenvalue weighted by Crippen LogP contribution is 2.60. The number of carbonyl (C=O) groups is 2. The van der Waals surface area contributed by atoms with Crippen molar-refractivity contribution in [2.45, 2.75) is 30.3 Å². The third-order valence-electron chi connectivity index (χ3n) is 5.78. The summed E-state index contributed by atoms with van der Waals surface area (Å²) in [4.78, 5) is 32.5. The molecule has 3 atom stereocenters. The van der Waals surface area contributed by atoms with E-state index in [0.29, 0.717) is 18.8 Å². The van der Waals surface area contributed by atoms with Crippen molar-refractivity contribution in [3.05, 3.63) is 41.5 Å². The summed E-state index contributed by atoms with van der Waals surface area (Å²) in [5.41, 5.74) is 7.17. The molecule has 2 aliphatic heterocycles. The monoisotopic (exact) mass is 398 g/mol. The maximum Gasteiger partial charge on any atom is 0.526 e. The van der Waals surface area contributed by atoms with Gasteiger partial charge in [-0.2, -0.15) is 0 Å². The molecule has 2 aromatic rings. The Kier molecular flexibility index (Phi) is 4.03. The maximum absolute atomic E-state index is 12.4. The van der Waals surface area contributed by atoms with Crippen LogP contribution in [0.3, 0.4) is 0 Å². The van der Waals surface area contributed by atoms with Crippen LogP contribution in [0.1, 0.15) is 40.0 Å². The number of carboxylic acids is 1. The zero-order chi connectivity index (χ0) is 20.3. The number of aromatic carboxylic acids is 1. The lowest BCUT2D eigenvalue weighted by Crippen LogP contribution is -2.58. The van der Waals surface area contributed by atoms with E-state index < -0.39 is 19.1 Å². The molecule has 1 saturated heterocycles. The predicted octanol–water partition coefficient (Wildman–Crippen LogP) is 0.128. The Morgan fingerprint density at radius 3 is 2.90 bits per heavy atom. The van der Waals surface area contributed by atoms with Crippen molar-refractivity contribution < 1.29 is 29.1 Å². The summed E-state index contributed by atoms with van der Waals surface area (Å²) in [6.45, 7) is 0.593. The standard InChI is InChI=1S/C18H19BN4O6/c20-15(12-4-21-7-22-12)17(24)23-5-8(6-23)28-13-2-1-9-10-3-11(10)19(27)29-16(9)14(13)18(25)26/h1-2,4,7-8,10-11,15,27H,3,5-6,20H2,(H,21,22)(H,25,26)/t10?,11?,15-/m0/s1. The molecule has 10 nitrogen and oxygen atoms in total. The minimum absolute atomic E-state index is 0.0289. The first-order valence-electron chi connectivity index (χ1n) is 9.38. The predicted molar refractivity (Wildman–Crippen MR) is 99.6 cm³/mol. The van der Waals surface area contributed by atoms with Crippen LogP contribution in [0, 0.1) is 0 Å². The third-order valence-corrected chi connectivity index (χ3v) is 5.78. The lowest BCUT2D eigenvalue weighted by molar-refractivity contribution is -0.141. The van der Waals surface area contributed by atoms with Gasteiger partial charge in [0.05, 0.1) is 31.3 Å². The molecule has 11 heteroatoms. The lowest BCUT2D eigenvalue weighted by Gasteiger charge is -2.40. The van der Waals surface area contributed by atoms with Gasteiger partial charge in [-0.15, -0.1) is 0 Å². The number of carboxylic acid groups (broad SMARTS) is 1. The number of H-pyrrole nitrogens is 1. The number of nitrogens with one attached hydrogen (secondary N) is 1. The first-order valence-corrected chi connectivity index (χ1v) is 9.38. The lowest BCUT2D eigenvalue weighted by atomic mass is 9.77. The van der Waals surface area contributed by atoms with Crippen molar-refractivity contribution in [1.82, 2.24) is 14.9 Å². The molecule has 2 fully saturated rings. The van der Waals surface area contributed by atoms with Gasteiger partial charge in [-0.3, -0.25) is 4.79 Å². The second-order valence-electron chi connectivity index (χ2n) is 7.64. The molecule has 2 unspecified atom stereocenters. The van der Waals surface area contributed by atoms with Gasteiger partial charge in [0, 0.05) is 5.82 Å². The molecule has 150 valence electrons. The van der Waals surface area contributed by atoms with Gasteiger partial charge >= 0.3 is 13.1 Å². The Morgan fingerprint density at radius 2 is 2.21 bits per heavy atom. The maximum atomic E-state index is 12.4. The molecule has 0 radical (unpaired) electrons. The number of imidazole rings is 1. The SMILES string of the molecule is N[C@H](C(=O)N1CC(Oc2ccc3c(c2C(=O)O)OB(O)C2CC32)C1)c1cnc[nH]1. The Morgan fingerprint density at radius 1 is 1.41 bits per heavy atom. The van der Waals surface area contributed by atoms with E-state index in [9.17, 15) is 19.7 Å². The normalized spacial score (nSPS) is 23.4. The fourth-order valence-electron chi connectivity index (χ4n) is 4.03. The summed E-state index contributed by atoms with van der Waals surface area (Å²) < 4.78 is 11.3.